The molecule has 0 aromatic carbocycles. The molecule has 1 aliphatic rings. The Kier molecular flexibility index (Phi) is 8.43. The molecule has 0 bridgehead atoms. The summed E-state index contributed by atoms with van der Waals surface area (Å²) in [6.07, 6.45) is 6.35. The highest BCUT2D eigenvalue weighted by Crippen LogP contribution is 2.40. The van der Waals surface area contributed by atoms with E-state index in [1.54, 1.807) is 13.1 Å². The molecule has 1 aliphatic carbocycles. The molecular formula is C15H27IN4O2S2. The van der Waals surface area contributed by atoms with Crippen molar-refractivity contribution >= 4 is 51.3 Å². The average Bonchev–Trinajstić information content (AvgIpc) is 3.16. The zero-order valence-electron chi connectivity index (χ0n) is 14.2. The maximum atomic E-state index is 11.3. The summed E-state index contributed by atoms with van der Waals surface area (Å²) < 4.78 is 22.8. The van der Waals surface area contributed by atoms with Crippen molar-refractivity contribution in [3.05, 3.63) is 17.0 Å². The molecule has 6 nitrogen and oxygen atoms in total. The maximum Gasteiger partial charge on any atom is 0.247 e. The quantitative estimate of drug-likeness (QED) is 0.327. The van der Waals surface area contributed by atoms with Crippen LogP contribution in [0.2, 0.25) is 0 Å². The van der Waals surface area contributed by atoms with E-state index in [-0.39, 0.29) is 28.2 Å². The minimum absolute atomic E-state index is 0. The standard InChI is InChI=1S/C15H26N4O2S2.HI/c1-3-15(8-4-5-9-15)11-19-14(17-2)18-10-12-6-7-13(22-12)23(16,20)21;/h6-7H,3-5,8-11H2,1-2H3,(H2,16,20,21)(H2,17,18,19);1H. The van der Waals surface area contributed by atoms with Crippen molar-refractivity contribution in [1.82, 2.24) is 10.6 Å². The van der Waals surface area contributed by atoms with Gasteiger partial charge in [-0.2, -0.15) is 0 Å². The van der Waals surface area contributed by atoms with Crippen LogP contribution >= 0.6 is 35.3 Å². The van der Waals surface area contributed by atoms with Crippen molar-refractivity contribution < 1.29 is 8.42 Å². The SMILES string of the molecule is CCC1(CNC(=NC)NCc2ccc(S(N)(=O)=O)s2)CCCC1.I. The molecule has 0 aliphatic heterocycles. The molecule has 4 N–H and O–H groups in total. The Bertz CT molecular complexity index is 652. The molecule has 0 amide bonds. The van der Waals surface area contributed by atoms with Crippen LogP contribution in [0.4, 0.5) is 0 Å². The van der Waals surface area contributed by atoms with Crippen LogP contribution in [0.1, 0.15) is 43.9 Å². The number of aliphatic imine (C=N–C) groups is 1. The van der Waals surface area contributed by atoms with Gasteiger partial charge in [0.2, 0.25) is 10.0 Å². The number of sulfonamides is 1. The zero-order valence-corrected chi connectivity index (χ0v) is 18.1. The van der Waals surface area contributed by atoms with Gasteiger partial charge in [0.1, 0.15) is 4.21 Å². The van der Waals surface area contributed by atoms with Gasteiger partial charge < -0.3 is 10.6 Å². The highest BCUT2D eigenvalue weighted by Gasteiger charge is 2.31. The van der Waals surface area contributed by atoms with Crippen molar-refractivity contribution in [3.63, 3.8) is 0 Å². The van der Waals surface area contributed by atoms with E-state index in [2.05, 4.69) is 22.5 Å². The lowest BCUT2D eigenvalue weighted by Crippen LogP contribution is -2.42. The lowest BCUT2D eigenvalue weighted by atomic mass is 9.83. The molecule has 1 saturated carbocycles. The van der Waals surface area contributed by atoms with Crippen LogP contribution in [0.3, 0.4) is 0 Å². The molecule has 0 radical (unpaired) electrons. The molecule has 0 unspecified atom stereocenters. The van der Waals surface area contributed by atoms with E-state index in [0.29, 0.717) is 12.0 Å². The molecule has 0 saturated heterocycles. The summed E-state index contributed by atoms with van der Waals surface area (Å²) in [6, 6.07) is 3.31. The molecule has 138 valence electrons. The molecule has 1 heterocycles. The van der Waals surface area contributed by atoms with Gasteiger partial charge in [-0.15, -0.1) is 35.3 Å². The summed E-state index contributed by atoms with van der Waals surface area (Å²) >= 11 is 1.18. The van der Waals surface area contributed by atoms with Crippen LogP contribution in [0.5, 0.6) is 0 Å². The van der Waals surface area contributed by atoms with Crippen LogP contribution in [0, 0.1) is 5.41 Å². The van der Waals surface area contributed by atoms with Crippen molar-refractivity contribution in [2.75, 3.05) is 13.6 Å². The van der Waals surface area contributed by atoms with Gasteiger partial charge in [-0.25, -0.2) is 13.6 Å². The van der Waals surface area contributed by atoms with Crippen LogP contribution in [-0.2, 0) is 16.6 Å². The fourth-order valence-electron chi connectivity index (χ4n) is 3.05. The van der Waals surface area contributed by atoms with E-state index in [9.17, 15) is 8.42 Å². The van der Waals surface area contributed by atoms with Crippen molar-refractivity contribution in [3.8, 4) is 0 Å². The molecule has 2 rings (SSSR count). The third-order valence-electron chi connectivity index (χ3n) is 4.62. The highest BCUT2D eigenvalue weighted by molar-refractivity contribution is 14.0. The molecule has 9 heteroatoms. The summed E-state index contributed by atoms with van der Waals surface area (Å²) in [7, 11) is -1.87. The molecule has 1 aromatic heterocycles. The summed E-state index contributed by atoms with van der Waals surface area (Å²) in [6.45, 7) is 3.71. The Morgan fingerprint density at radius 2 is 2.00 bits per heavy atom. The monoisotopic (exact) mass is 486 g/mol. The van der Waals surface area contributed by atoms with Gasteiger partial charge in [-0.3, -0.25) is 4.99 Å². The summed E-state index contributed by atoms with van der Waals surface area (Å²) in [4.78, 5) is 5.15. The number of hydrogen-bond acceptors (Lipinski definition) is 4. The minimum atomic E-state index is -3.61. The van der Waals surface area contributed by atoms with E-state index in [1.807, 2.05) is 0 Å². The molecular weight excluding hydrogens is 459 g/mol. The normalized spacial score (nSPS) is 17.4. The van der Waals surface area contributed by atoms with Crippen LogP contribution in [0.25, 0.3) is 0 Å². The molecule has 1 fully saturated rings. The second-order valence-electron chi connectivity index (χ2n) is 6.11. The van der Waals surface area contributed by atoms with E-state index >= 15 is 0 Å². The number of guanidine groups is 1. The Labute approximate surface area is 165 Å². The fraction of sp³-hybridized carbons (Fsp3) is 0.667. The number of primary sulfonamides is 1. The van der Waals surface area contributed by atoms with Gasteiger partial charge >= 0.3 is 0 Å². The smallest absolute Gasteiger partial charge is 0.247 e. The molecule has 0 atom stereocenters. The average molecular weight is 486 g/mol. The summed E-state index contributed by atoms with van der Waals surface area (Å²) in [5.41, 5.74) is 0.390. The Balaban J connectivity index is 0.00000288. The second-order valence-corrected chi connectivity index (χ2v) is 9.06. The fourth-order valence-corrected chi connectivity index (χ4v) is 4.77. The molecule has 1 aromatic rings. The minimum Gasteiger partial charge on any atom is -0.356 e. The predicted octanol–water partition coefficient (Wildman–Crippen LogP) is 2.65. The van der Waals surface area contributed by atoms with Crippen LogP contribution in [0.15, 0.2) is 21.3 Å². The van der Waals surface area contributed by atoms with Gasteiger partial charge in [0.15, 0.2) is 5.96 Å². The van der Waals surface area contributed by atoms with Gasteiger partial charge in [0.05, 0.1) is 6.54 Å². The number of nitrogens with two attached hydrogens (primary N) is 1. The number of hydrogen-bond donors (Lipinski definition) is 3. The predicted molar refractivity (Wildman–Crippen MR) is 111 cm³/mol. The first-order valence-corrected chi connectivity index (χ1v) is 10.3. The lowest BCUT2D eigenvalue weighted by Gasteiger charge is -2.28. The highest BCUT2D eigenvalue weighted by atomic mass is 127. The van der Waals surface area contributed by atoms with Gasteiger partial charge in [0, 0.05) is 18.5 Å². The summed E-state index contributed by atoms with van der Waals surface area (Å²) in [5, 5.41) is 11.8. The Morgan fingerprint density at radius 1 is 1.33 bits per heavy atom. The number of thiophene rings is 1. The largest absolute Gasteiger partial charge is 0.356 e. The number of nitrogens with one attached hydrogen (secondary N) is 2. The lowest BCUT2D eigenvalue weighted by molar-refractivity contribution is 0.283. The van der Waals surface area contributed by atoms with Crippen molar-refractivity contribution in [1.29, 1.82) is 0 Å². The Hall–Kier alpha value is -0.390. The van der Waals surface area contributed by atoms with E-state index < -0.39 is 10.0 Å². The second kappa shape index (κ2) is 9.35. The van der Waals surface area contributed by atoms with Crippen LogP contribution < -0.4 is 15.8 Å². The van der Waals surface area contributed by atoms with Crippen LogP contribution in [-0.4, -0.2) is 28.0 Å². The first-order valence-electron chi connectivity index (χ1n) is 7.94. The summed E-state index contributed by atoms with van der Waals surface area (Å²) in [5.74, 6) is 0.746. The first kappa shape index (κ1) is 21.7. The molecule has 0 spiro atoms. The van der Waals surface area contributed by atoms with Crippen molar-refractivity contribution in [2.24, 2.45) is 15.5 Å². The van der Waals surface area contributed by atoms with E-state index in [1.165, 1.54) is 49.5 Å². The zero-order chi connectivity index (χ0) is 16.9. The Morgan fingerprint density at radius 3 is 2.50 bits per heavy atom. The number of halogens is 1. The molecule has 24 heavy (non-hydrogen) atoms. The van der Waals surface area contributed by atoms with Gasteiger partial charge in [0.25, 0.3) is 0 Å². The number of rotatable bonds is 6. The third-order valence-corrected chi connectivity index (χ3v) is 7.14. The number of nitrogens with zero attached hydrogens (tertiary/aromatic N) is 1. The maximum absolute atomic E-state index is 11.3. The topological polar surface area (TPSA) is 96.6 Å². The third kappa shape index (κ3) is 5.85. The van der Waals surface area contributed by atoms with E-state index in [4.69, 9.17) is 5.14 Å². The van der Waals surface area contributed by atoms with Crippen molar-refractivity contribution in [2.45, 2.75) is 49.8 Å². The van der Waals surface area contributed by atoms with E-state index in [0.717, 1.165) is 17.4 Å². The van der Waals surface area contributed by atoms with Gasteiger partial charge in [-0.1, -0.05) is 19.8 Å². The first-order chi connectivity index (χ1) is 10.9. The van der Waals surface area contributed by atoms with Gasteiger partial charge in [-0.05, 0) is 36.8 Å².